The molecule has 1 aliphatic rings. The van der Waals surface area contributed by atoms with E-state index in [1.54, 1.807) is 12.1 Å². The van der Waals surface area contributed by atoms with Gasteiger partial charge in [-0.05, 0) is 43.9 Å². The van der Waals surface area contributed by atoms with Crippen LogP contribution in [0.1, 0.15) is 25.3 Å². The third kappa shape index (κ3) is 6.59. The molecule has 0 aliphatic carbocycles. The number of phenolic OH excluding ortho intramolecular Hbond substituents is 1. The number of phenols is 1. The largest absolute Gasteiger partial charge is 0.508 e. The zero-order valence-electron chi connectivity index (χ0n) is 17.2. The number of nitrogens with zero attached hydrogens (tertiary/aromatic N) is 1. The van der Waals surface area contributed by atoms with E-state index in [1.165, 1.54) is 24.0 Å². The number of nitrogens with one attached hydrogen (secondary N) is 2. The number of hydrogen-bond donors (Lipinski definition) is 6. The fourth-order valence-electron chi connectivity index (χ4n) is 3.35. The fraction of sp³-hybridized carbons (Fsp3) is 0.500. The average Bonchev–Trinajstić information content (AvgIpc) is 3.22. The first-order chi connectivity index (χ1) is 14.6. The summed E-state index contributed by atoms with van der Waals surface area (Å²) in [6.07, 6.45) is 1.31. The van der Waals surface area contributed by atoms with Crippen LogP contribution in [0.3, 0.4) is 0 Å². The summed E-state index contributed by atoms with van der Waals surface area (Å²) in [5.41, 5.74) is 6.84. The minimum Gasteiger partial charge on any atom is -0.508 e. The number of aliphatic carboxylic acids is 1. The molecule has 4 atom stereocenters. The van der Waals surface area contributed by atoms with Crippen LogP contribution in [0.15, 0.2) is 24.3 Å². The molecular weight excluding hydrogens is 424 g/mol. The Labute approximate surface area is 185 Å². The van der Waals surface area contributed by atoms with Gasteiger partial charge in [-0.2, -0.15) is 12.6 Å². The number of amides is 3. The van der Waals surface area contributed by atoms with Gasteiger partial charge in [-0.15, -0.1) is 0 Å². The number of carboxylic acid groups (broad SMARTS) is 1. The molecule has 1 fully saturated rings. The van der Waals surface area contributed by atoms with Crippen LogP contribution < -0.4 is 16.4 Å². The molecule has 3 amide bonds. The van der Waals surface area contributed by atoms with E-state index in [0.29, 0.717) is 19.4 Å². The molecule has 0 radical (unpaired) electrons. The summed E-state index contributed by atoms with van der Waals surface area (Å²) in [7, 11) is 0. The molecule has 1 heterocycles. The Morgan fingerprint density at radius 3 is 2.45 bits per heavy atom. The van der Waals surface area contributed by atoms with Crippen LogP contribution in [0.25, 0.3) is 0 Å². The standard InChI is InChI=1S/C20H28N4O6S/c1-11(17(26)23-15(10-31)20(29)30)22-18(27)16-3-2-8-24(16)19(28)14(21)9-12-4-6-13(25)7-5-12/h4-7,11,14-16,25,31H,2-3,8-10,21H2,1H3,(H,22,27)(H,23,26)(H,29,30). The normalized spacial score (nSPS) is 18.7. The van der Waals surface area contributed by atoms with Crippen molar-refractivity contribution < 1.29 is 29.4 Å². The minimum atomic E-state index is -1.22. The van der Waals surface area contributed by atoms with Gasteiger partial charge in [-0.1, -0.05) is 12.1 Å². The highest BCUT2D eigenvalue weighted by atomic mass is 32.1. The summed E-state index contributed by atoms with van der Waals surface area (Å²) in [5.74, 6) is -2.73. The number of thiol groups is 1. The molecule has 1 saturated heterocycles. The molecule has 1 aromatic carbocycles. The van der Waals surface area contributed by atoms with Crippen LogP contribution in [0.4, 0.5) is 0 Å². The predicted octanol–water partition coefficient (Wildman–Crippen LogP) is -0.743. The van der Waals surface area contributed by atoms with Crippen molar-refractivity contribution >= 4 is 36.3 Å². The van der Waals surface area contributed by atoms with Crippen molar-refractivity contribution in [2.24, 2.45) is 5.73 Å². The summed E-state index contributed by atoms with van der Waals surface area (Å²) in [6, 6.07) is 2.59. The van der Waals surface area contributed by atoms with E-state index in [1.807, 2.05) is 0 Å². The van der Waals surface area contributed by atoms with Gasteiger partial charge in [0.1, 0.15) is 23.9 Å². The second-order valence-corrected chi connectivity index (χ2v) is 7.84. The predicted molar refractivity (Wildman–Crippen MR) is 116 cm³/mol. The van der Waals surface area contributed by atoms with Crippen LogP contribution in [0.5, 0.6) is 5.75 Å². The van der Waals surface area contributed by atoms with E-state index in [9.17, 15) is 24.3 Å². The van der Waals surface area contributed by atoms with E-state index in [0.717, 1.165) is 5.56 Å². The van der Waals surface area contributed by atoms with Crippen LogP contribution in [-0.2, 0) is 25.6 Å². The quantitative estimate of drug-likeness (QED) is 0.269. The van der Waals surface area contributed by atoms with Gasteiger partial charge in [0.2, 0.25) is 17.7 Å². The first kappa shape index (κ1) is 24.5. The molecule has 0 aromatic heterocycles. The van der Waals surface area contributed by atoms with Gasteiger partial charge in [0.05, 0.1) is 6.04 Å². The molecular formula is C20H28N4O6S. The molecule has 10 nitrogen and oxygen atoms in total. The maximum Gasteiger partial charge on any atom is 0.327 e. The Kier molecular flexibility index (Phi) is 8.69. The highest BCUT2D eigenvalue weighted by Crippen LogP contribution is 2.20. The van der Waals surface area contributed by atoms with Gasteiger partial charge in [-0.25, -0.2) is 4.79 Å². The number of rotatable bonds is 9. The van der Waals surface area contributed by atoms with Crippen molar-refractivity contribution in [2.45, 2.75) is 50.4 Å². The first-order valence-electron chi connectivity index (χ1n) is 9.92. The zero-order valence-corrected chi connectivity index (χ0v) is 18.0. The molecule has 0 saturated carbocycles. The van der Waals surface area contributed by atoms with Crippen molar-refractivity contribution in [1.82, 2.24) is 15.5 Å². The SMILES string of the molecule is CC(NC(=O)C1CCCN1C(=O)C(N)Cc1ccc(O)cc1)C(=O)NC(CS)C(=O)O. The minimum absolute atomic E-state index is 0.0917. The van der Waals surface area contributed by atoms with Gasteiger partial charge in [0.15, 0.2) is 0 Å². The Hall–Kier alpha value is -2.79. The van der Waals surface area contributed by atoms with E-state index in [2.05, 4.69) is 23.3 Å². The first-order valence-corrected chi connectivity index (χ1v) is 10.6. The number of nitrogens with two attached hydrogens (primary N) is 1. The maximum absolute atomic E-state index is 12.8. The second-order valence-electron chi connectivity index (χ2n) is 7.48. The van der Waals surface area contributed by atoms with Gasteiger partial charge >= 0.3 is 5.97 Å². The van der Waals surface area contributed by atoms with Gasteiger partial charge in [0.25, 0.3) is 0 Å². The number of carbonyl (C=O) groups is 4. The van der Waals surface area contributed by atoms with Crippen LogP contribution >= 0.6 is 12.6 Å². The number of aromatic hydroxyl groups is 1. The molecule has 4 unspecified atom stereocenters. The van der Waals surface area contributed by atoms with Crippen LogP contribution in [0.2, 0.25) is 0 Å². The molecule has 0 spiro atoms. The molecule has 170 valence electrons. The molecule has 31 heavy (non-hydrogen) atoms. The van der Waals surface area contributed by atoms with Crippen LogP contribution in [-0.4, -0.2) is 75.3 Å². The van der Waals surface area contributed by atoms with E-state index in [-0.39, 0.29) is 23.8 Å². The Morgan fingerprint density at radius 2 is 1.87 bits per heavy atom. The zero-order chi connectivity index (χ0) is 23.1. The highest BCUT2D eigenvalue weighted by molar-refractivity contribution is 7.80. The number of carboxylic acids is 1. The molecule has 1 aliphatic heterocycles. The third-order valence-corrected chi connectivity index (χ3v) is 5.46. The number of hydrogen-bond acceptors (Lipinski definition) is 7. The lowest BCUT2D eigenvalue weighted by atomic mass is 10.0. The summed E-state index contributed by atoms with van der Waals surface area (Å²) >= 11 is 3.88. The lowest BCUT2D eigenvalue weighted by Gasteiger charge is -2.28. The summed E-state index contributed by atoms with van der Waals surface area (Å²) in [5, 5.41) is 23.2. The van der Waals surface area contributed by atoms with E-state index in [4.69, 9.17) is 10.8 Å². The number of carbonyl (C=O) groups excluding carboxylic acids is 3. The monoisotopic (exact) mass is 452 g/mol. The van der Waals surface area contributed by atoms with E-state index < -0.39 is 42.0 Å². The van der Waals surface area contributed by atoms with Crippen molar-refractivity contribution in [2.75, 3.05) is 12.3 Å². The summed E-state index contributed by atoms with van der Waals surface area (Å²) < 4.78 is 0. The summed E-state index contributed by atoms with van der Waals surface area (Å²) in [6.45, 7) is 1.81. The van der Waals surface area contributed by atoms with Gasteiger partial charge in [-0.3, -0.25) is 14.4 Å². The van der Waals surface area contributed by atoms with Gasteiger partial charge in [0, 0.05) is 12.3 Å². The molecule has 0 bridgehead atoms. The highest BCUT2D eigenvalue weighted by Gasteiger charge is 2.37. The fourth-order valence-corrected chi connectivity index (χ4v) is 3.59. The van der Waals surface area contributed by atoms with Gasteiger partial charge < -0.3 is 31.5 Å². The van der Waals surface area contributed by atoms with Crippen molar-refractivity contribution in [1.29, 1.82) is 0 Å². The smallest absolute Gasteiger partial charge is 0.327 e. The molecule has 6 N–H and O–H groups in total. The average molecular weight is 453 g/mol. The lowest BCUT2D eigenvalue weighted by Crippen LogP contribution is -2.56. The summed E-state index contributed by atoms with van der Waals surface area (Å²) in [4.78, 5) is 50.1. The third-order valence-electron chi connectivity index (χ3n) is 5.10. The number of benzene rings is 1. The van der Waals surface area contributed by atoms with Crippen molar-refractivity contribution in [3.63, 3.8) is 0 Å². The molecule has 2 rings (SSSR count). The number of likely N-dealkylation sites (tertiary alicyclic amines) is 1. The van der Waals surface area contributed by atoms with Crippen molar-refractivity contribution in [3.05, 3.63) is 29.8 Å². The van der Waals surface area contributed by atoms with Crippen LogP contribution in [0, 0.1) is 0 Å². The Bertz CT molecular complexity index is 818. The molecule has 1 aromatic rings. The molecule has 11 heteroatoms. The van der Waals surface area contributed by atoms with E-state index >= 15 is 0 Å². The maximum atomic E-state index is 12.8. The van der Waals surface area contributed by atoms with Crippen molar-refractivity contribution in [3.8, 4) is 5.75 Å². The Morgan fingerprint density at radius 1 is 1.23 bits per heavy atom. The topological polar surface area (TPSA) is 162 Å². The Balaban J connectivity index is 1.95. The lowest BCUT2D eigenvalue weighted by molar-refractivity contribution is -0.142. The second kappa shape index (κ2) is 11.0.